The molecule has 0 aromatic heterocycles. The van der Waals surface area contributed by atoms with Crippen LogP contribution in [0.15, 0.2) is 114 Å². The van der Waals surface area contributed by atoms with E-state index in [9.17, 15) is 42.3 Å². The Morgan fingerprint density at radius 3 is 2.12 bits per heavy atom. The number of hydrogen-bond donors (Lipinski definition) is 6. The van der Waals surface area contributed by atoms with Crippen molar-refractivity contribution in [2.24, 2.45) is 5.92 Å². The second kappa shape index (κ2) is 22.5. The summed E-state index contributed by atoms with van der Waals surface area (Å²) in [6, 6.07) is 25.3. The molecule has 0 aliphatic carbocycles. The number of likely N-dealkylation sites (N-methyl/N-ethyl adjacent to an activating group) is 1. The van der Waals surface area contributed by atoms with E-state index in [1.807, 2.05) is 45.0 Å². The van der Waals surface area contributed by atoms with Crippen molar-refractivity contribution in [1.82, 2.24) is 25.2 Å². The zero-order chi connectivity index (χ0) is 46.4. The van der Waals surface area contributed by atoms with Crippen LogP contribution in [0.1, 0.15) is 49.8 Å². The summed E-state index contributed by atoms with van der Waals surface area (Å²) < 4.78 is 33.9. The fourth-order valence-corrected chi connectivity index (χ4v) is 8.79. The Balaban J connectivity index is 1.17. The first-order valence-corrected chi connectivity index (χ1v) is 22.3. The van der Waals surface area contributed by atoms with Gasteiger partial charge in [0.2, 0.25) is 27.7 Å². The minimum atomic E-state index is -4.29. The van der Waals surface area contributed by atoms with Crippen molar-refractivity contribution in [3.8, 4) is 0 Å². The van der Waals surface area contributed by atoms with Gasteiger partial charge in [0.25, 0.3) is 0 Å². The second-order valence-corrected chi connectivity index (χ2v) is 17.8. The largest absolute Gasteiger partial charge is 0.480 e. The molecule has 18 heteroatoms. The van der Waals surface area contributed by atoms with Gasteiger partial charge in [-0.25, -0.2) is 22.8 Å². The lowest BCUT2D eigenvalue weighted by Gasteiger charge is -2.29. The van der Waals surface area contributed by atoms with E-state index in [0.29, 0.717) is 23.4 Å². The topological polar surface area (TPSA) is 233 Å². The summed E-state index contributed by atoms with van der Waals surface area (Å²) in [6.45, 7) is 5.15. The molecule has 64 heavy (non-hydrogen) atoms. The first-order chi connectivity index (χ1) is 30.5. The number of ether oxygens (including phenoxy) is 1. The first kappa shape index (κ1) is 48.2. The van der Waals surface area contributed by atoms with E-state index >= 15 is 0 Å². The molecule has 5 rings (SSSR count). The number of para-hydroxylation sites is 1. The molecule has 1 saturated heterocycles. The van der Waals surface area contributed by atoms with Crippen LogP contribution in [0.5, 0.6) is 0 Å². The average molecular weight is 898 g/mol. The van der Waals surface area contributed by atoms with Crippen LogP contribution < -0.4 is 26.6 Å². The van der Waals surface area contributed by atoms with Gasteiger partial charge in [0.15, 0.2) is 0 Å². The average Bonchev–Trinajstić information content (AvgIpc) is 3.71. The fourth-order valence-electron chi connectivity index (χ4n) is 7.12. The Hall–Kier alpha value is -6.79. The van der Waals surface area contributed by atoms with E-state index in [4.69, 9.17) is 4.74 Å². The quantitative estimate of drug-likeness (QED) is 0.0746. The number of aryl methyl sites for hydroxylation is 1. The van der Waals surface area contributed by atoms with Crippen LogP contribution in [0, 0.1) is 12.8 Å². The summed E-state index contributed by atoms with van der Waals surface area (Å²) in [5.41, 5.74) is 3.47. The maximum Gasteiger partial charge on any atom is 0.407 e. The van der Waals surface area contributed by atoms with E-state index in [2.05, 4.69) is 26.6 Å². The van der Waals surface area contributed by atoms with Crippen LogP contribution in [0.3, 0.4) is 0 Å². The van der Waals surface area contributed by atoms with E-state index in [0.717, 1.165) is 15.4 Å². The Bertz CT molecular complexity index is 2370. The molecule has 0 spiro atoms. The van der Waals surface area contributed by atoms with Crippen molar-refractivity contribution in [3.63, 3.8) is 0 Å². The number of alkyl carbamates (subject to hydrolysis) is 1. The zero-order valence-corrected chi connectivity index (χ0v) is 37.0. The van der Waals surface area contributed by atoms with Gasteiger partial charge in [-0.1, -0.05) is 92.7 Å². The summed E-state index contributed by atoms with van der Waals surface area (Å²) in [7, 11) is -2.77. The van der Waals surface area contributed by atoms with E-state index in [1.54, 1.807) is 60.7 Å². The summed E-state index contributed by atoms with van der Waals surface area (Å²) in [6.07, 6.45) is -1.00. The van der Waals surface area contributed by atoms with Crippen molar-refractivity contribution in [2.75, 3.05) is 30.8 Å². The highest BCUT2D eigenvalue weighted by molar-refractivity contribution is 7.89. The fraction of sp³-hybridized carbons (Fsp3) is 0.348. The maximum atomic E-state index is 13.8. The molecular weight excluding hydrogens is 843 g/mol. The molecule has 340 valence electrons. The number of nitrogens with one attached hydrogen (secondary N) is 5. The molecular formula is C46H55N7O10S. The van der Waals surface area contributed by atoms with Crippen LogP contribution in [0.25, 0.3) is 0 Å². The summed E-state index contributed by atoms with van der Waals surface area (Å²) >= 11 is 0. The number of carbonyl (C=O) groups excluding carboxylic acids is 5. The zero-order valence-electron chi connectivity index (χ0n) is 36.2. The van der Waals surface area contributed by atoms with Gasteiger partial charge >= 0.3 is 18.1 Å². The number of aliphatic carboxylic acids is 1. The minimum absolute atomic E-state index is 0.00112. The van der Waals surface area contributed by atoms with Gasteiger partial charge in [-0.3, -0.25) is 14.4 Å². The van der Waals surface area contributed by atoms with Gasteiger partial charge in [0.1, 0.15) is 24.7 Å². The highest BCUT2D eigenvalue weighted by Crippen LogP contribution is 2.27. The lowest BCUT2D eigenvalue weighted by Crippen LogP contribution is -2.52. The van der Waals surface area contributed by atoms with Crippen molar-refractivity contribution in [2.45, 2.75) is 82.1 Å². The number of carboxylic acid groups (broad SMARTS) is 1. The first-order valence-electron chi connectivity index (χ1n) is 20.8. The molecule has 0 saturated carbocycles. The number of urea groups is 1. The Morgan fingerprint density at radius 1 is 0.844 bits per heavy atom. The second-order valence-electron chi connectivity index (χ2n) is 15.9. The van der Waals surface area contributed by atoms with E-state index in [-0.39, 0.29) is 55.7 Å². The standard InChI is InChI=1S/C46H55N7O10S/c1-30(2)25-39(52(4)41(54)26-32-19-21-34(22-20-32)48-45(59)51-37-18-12-11-13-31(37)3)42(55)47-24-23-38(44(57)58)50-43(56)40-27-35(49-46(60)63-29-33-14-7-5-8-15-33)28-53(40)64(61,62)36-16-9-6-10-17-36/h5-22,30,35,38-40H,23-29H2,1-4H3,(H,47,55)(H,49,60)(H,50,56)(H,57,58)(H2,48,51,59)/t35-,38+,39+,40+/m1/s1. The van der Waals surface area contributed by atoms with E-state index < -0.39 is 64.1 Å². The third-order valence-corrected chi connectivity index (χ3v) is 12.5. The van der Waals surface area contributed by atoms with Crippen molar-refractivity contribution in [3.05, 3.63) is 126 Å². The van der Waals surface area contributed by atoms with Crippen LogP contribution in [-0.4, -0.2) is 103 Å². The summed E-state index contributed by atoms with van der Waals surface area (Å²) in [5.74, 6) is -3.20. The minimum Gasteiger partial charge on any atom is -0.480 e. The lowest BCUT2D eigenvalue weighted by atomic mass is 10.0. The number of hydrogen-bond acceptors (Lipinski definition) is 9. The van der Waals surface area contributed by atoms with Crippen LogP contribution in [0.4, 0.5) is 21.0 Å². The molecule has 1 heterocycles. The van der Waals surface area contributed by atoms with Crippen LogP contribution in [0.2, 0.25) is 0 Å². The van der Waals surface area contributed by atoms with Gasteiger partial charge < -0.3 is 41.3 Å². The SMILES string of the molecule is Cc1ccccc1NC(=O)Nc1ccc(CC(=O)N(C)[C@@H](CC(C)C)C(=O)NCC[C@H](NC(=O)[C@@H]2C[C@@H](NC(=O)OCc3ccccc3)CN2S(=O)(=O)c2ccccc2)C(=O)O)cc1. The third-order valence-electron chi connectivity index (χ3n) is 10.6. The molecule has 4 atom stereocenters. The van der Waals surface area contributed by atoms with Gasteiger partial charge in [0.05, 0.1) is 11.3 Å². The number of carbonyl (C=O) groups is 6. The maximum absolute atomic E-state index is 13.8. The highest BCUT2D eigenvalue weighted by atomic mass is 32.2. The van der Waals surface area contributed by atoms with Gasteiger partial charge in [-0.15, -0.1) is 0 Å². The van der Waals surface area contributed by atoms with E-state index in [1.165, 1.54) is 36.2 Å². The normalized spacial score (nSPS) is 15.9. The molecule has 4 aromatic rings. The molecule has 0 radical (unpaired) electrons. The number of amides is 6. The molecule has 6 N–H and O–H groups in total. The third kappa shape index (κ3) is 13.6. The highest BCUT2D eigenvalue weighted by Gasteiger charge is 2.45. The lowest BCUT2D eigenvalue weighted by molar-refractivity contribution is -0.142. The van der Waals surface area contributed by atoms with Crippen molar-refractivity contribution < 1.29 is 47.0 Å². The predicted molar refractivity (Wildman–Crippen MR) is 239 cm³/mol. The number of carboxylic acids is 1. The molecule has 1 aliphatic rings. The van der Waals surface area contributed by atoms with Crippen molar-refractivity contribution in [1.29, 1.82) is 0 Å². The van der Waals surface area contributed by atoms with Gasteiger partial charge in [-0.2, -0.15) is 4.31 Å². The van der Waals surface area contributed by atoms with Crippen LogP contribution in [-0.2, 0) is 47.0 Å². The Labute approximate surface area is 373 Å². The van der Waals surface area contributed by atoms with Gasteiger partial charge in [0, 0.05) is 37.6 Å². The molecule has 6 amide bonds. The summed E-state index contributed by atoms with van der Waals surface area (Å²) in [5, 5.41) is 23.4. The van der Waals surface area contributed by atoms with Crippen molar-refractivity contribution >= 4 is 57.2 Å². The number of benzene rings is 4. The van der Waals surface area contributed by atoms with Crippen LogP contribution >= 0.6 is 0 Å². The number of nitrogens with zero attached hydrogens (tertiary/aromatic N) is 2. The Morgan fingerprint density at radius 2 is 1.48 bits per heavy atom. The number of sulfonamides is 1. The number of rotatable bonds is 19. The molecule has 4 aromatic carbocycles. The molecule has 0 unspecified atom stereocenters. The summed E-state index contributed by atoms with van der Waals surface area (Å²) in [4.78, 5) is 79.8. The molecule has 17 nitrogen and oxygen atoms in total. The van der Waals surface area contributed by atoms with Gasteiger partial charge in [-0.05, 0) is 79.1 Å². The monoisotopic (exact) mass is 897 g/mol. The smallest absolute Gasteiger partial charge is 0.407 e. The Kier molecular flexibility index (Phi) is 17.0. The number of anilines is 2. The molecule has 1 aliphatic heterocycles. The molecule has 1 fully saturated rings. The molecule has 0 bridgehead atoms. The predicted octanol–water partition coefficient (Wildman–Crippen LogP) is 4.89.